The summed E-state index contributed by atoms with van der Waals surface area (Å²) in [4.78, 5) is 4.26. The number of aromatic nitrogens is 3. The van der Waals surface area contributed by atoms with Crippen LogP contribution in [-0.4, -0.2) is 28.4 Å². The Morgan fingerprint density at radius 2 is 2.10 bits per heavy atom. The first kappa shape index (κ1) is 14.5. The van der Waals surface area contributed by atoms with Gasteiger partial charge in [0.1, 0.15) is 5.75 Å². The Morgan fingerprint density at radius 1 is 1.35 bits per heavy atom. The Balaban J connectivity index is 2.50. The van der Waals surface area contributed by atoms with Crippen molar-refractivity contribution in [3.8, 4) is 5.75 Å². The van der Waals surface area contributed by atoms with Gasteiger partial charge in [0.05, 0.1) is 25.0 Å². The van der Waals surface area contributed by atoms with Gasteiger partial charge in [-0.15, -0.1) is 0 Å². The van der Waals surface area contributed by atoms with Gasteiger partial charge >= 0.3 is 0 Å². The lowest BCUT2D eigenvalue weighted by Gasteiger charge is -2.19. The fraction of sp³-hybridized carbons (Fsp3) is 0.467. The number of nitrogens with zero attached hydrogens (tertiary/aromatic N) is 3. The van der Waals surface area contributed by atoms with Crippen molar-refractivity contribution in [2.75, 3.05) is 13.7 Å². The molecule has 0 amide bonds. The minimum absolute atomic E-state index is 0.0799. The average Bonchev–Trinajstić information content (AvgIpc) is 2.70. The maximum Gasteiger partial charge on any atom is 0.137 e. The molecule has 2 aromatic rings. The van der Waals surface area contributed by atoms with Gasteiger partial charge in [-0.25, -0.2) is 0 Å². The van der Waals surface area contributed by atoms with Gasteiger partial charge in [0.2, 0.25) is 0 Å². The van der Waals surface area contributed by atoms with Crippen molar-refractivity contribution in [2.45, 2.75) is 26.8 Å². The molecule has 0 aliphatic carbocycles. The summed E-state index contributed by atoms with van der Waals surface area (Å²) in [6.45, 7) is 7.10. The molecule has 0 aromatic carbocycles. The molecule has 2 heterocycles. The first-order chi connectivity index (χ1) is 9.58. The SMILES string of the molecule is CCNC(c1cncc(OC)c1)c1c(C)nn(C)c1C. The molecule has 2 rings (SSSR count). The molecule has 1 N–H and O–H groups in total. The number of methoxy groups -OCH3 is 1. The number of rotatable bonds is 5. The zero-order valence-electron chi connectivity index (χ0n) is 12.8. The van der Waals surface area contributed by atoms with E-state index in [1.807, 2.05) is 30.9 Å². The molecule has 2 aromatic heterocycles. The van der Waals surface area contributed by atoms with Crippen molar-refractivity contribution in [1.29, 1.82) is 0 Å². The summed E-state index contributed by atoms with van der Waals surface area (Å²) >= 11 is 0. The predicted octanol–water partition coefficient (Wildman–Crippen LogP) is 2.14. The van der Waals surface area contributed by atoms with Crippen LogP contribution in [0.1, 0.15) is 35.5 Å². The van der Waals surface area contributed by atoms with E-state index < -0.39 is 0 Å². The van der Waals surface area contributed by atoms with E-state index in [1.165, 1.54) is 5.56 Å². The molecule has 0 saturated heterocycles. The fourth-order valence-corrected chi connectivity index (χ4v) is 2.50. The quantitative estimate of drug-likeness (QED) is 0.907. The number of ether oxygens (including phenoxy) is 1. The molecule has 1 unspecified atom stereocenters. The largest absolute Gasteiger partial charge is 0.495 e. The summed E-state index contributed by atoms with van der Waals surface area (Å²) in [5.74, 6) is 0.768. The lowest BCUT2D eigenvalue weighted by Crippen LogP contribution is -2.23. The van der Waals surface area contributed by atoms with Crippen LogP contribution in [0, 0.1) is 13.8 Å². The topological polar surface area (TPSA) is 52.0 Å². The van der Waals surface area contributed by atoms with Gasteiger partial charge in [0, 0.05) is 24.5 Å². The normalized spacial score (nSPS) is 12.4. The Kier molecular flexibility index (Phi) is 4.39. The summed E-state index contributed by atoms with van der Waals surface area (Å²) in [5.41, 5.74) is 4.50. The Bertz CT molecular complexity index is 592. The van der Waals surface area contributed by atoms with E-state index in [9.17, 15) is 0 Å². The second-order valence-electron chi connectivity index (χ2n) is 4.86. The van der Waals surface area contributed by atoms with Crippen LogP contribution in [-0.2, 0) is 7.05 Å². The number of hydrogen-bond acceptors (Lipinski definition) is 4. The molecular formula is C15H22N4O. The molecule has 0 radical (unpaired) electrons. The van der Waals surface area contributed by atoms with Crippen LogP contribution in [0.5, 0.6) is 5.75 Å². The van der Waals surface area contributed by atoms with Crippen molar-refractivity contribution in [3.63, 3.8) is 0 Å². The number of nitrogens with one attached hydrogen (secondary N) is 1. The first-order valence-corrected chi connectivity index (χ1v) is 6.80. The molecule has 1 atom stereocenters. The smallest absolute Gasteiger partial charge is 0.137 e. The number of hydrogen-bond donors (Lipinski definition) is 1. The van der Waals surface area contributed by atoms with Gasteiger partial charge in [0.15, 0.2) is 0 Å². The lowest BCUT2D eigenvalue weighted by atomic mass is 9.98. The molecule has 5 nitrogen and oxygen atoms in total. The fourth-order valence-electron chi connectivity index (χ4n) is 2.50. The third kappa shape index (κ3) is 2.67. The molecule has 108 valence electrons. The van der Waals surface area contributed by atoms with Crippen molar-refractivity contribution >= 4 is 0 Å². The van der Waals surface area contributed by atoms with Gasteiger partial charge in [-0.2, -0.15) is 5.10 Å². The zero-order chi connectivity index (χ0) is 14.7. The minimum Gasteiger partial charge on any atom is -0.495 e. The number of aryl methyl sites for hydroxylation is 2. The second-order valence-corrected chi connectivity index (χ2v) is 4.86. The molecule has 0 aliphatic rings. The minimum atomic E-state index is 0.0799. The lowest BCUT2D eigenvalue weighted by molar-refractivity contribution is 0.411. The van der Waals surface area contributed by atoms with Gasteiger partial charge in [-0.05, 0) is 32.0 Å². The Hall–Kier alpha value is -1.88. The van der Waals surface area contributed by atoms with E-state index in [0.29, 0.717) is 0 Å². The Labute approximate surface area is 120 Å². The first-order valence-electron chi connectivity index (χ1n) is 6.80. The van der Waals surface area contributed by atoms with Crippen LogP contribution >= 0.6 is 0 Å². The third-order valence-corrected chi connectivity index (χ3v) is 3.57. The number of pyridine rings is 1. The predicted molar refractivity (Wildman–Crippen MR) is 79.0 cm³/mol. The molecule has 20 heavy (non-hydrogen) atoms. The highest BCUT2D eigenvalue weighted by Gasteiger charge is 2.21. The van der Waals surface area contributed by atoms with Crippen molar-refractivity contribution in [1.82, 2.24) is 20.1 Å². The van der Waals surface area contributed by atoms with Gasteiger partial charge < -0.3 is 10.1 Å². The summed E-state index contributed by atoms with van der Waals surface area (Å²) < 4.78 is 7.19. The molecule has 0 spiro atoms. The highest BCUT2D eigenvalue weighted by Crippen LogP contribution is 2.28. The molecule has 5 heteroatoms. The third-order valence-electron chi connectivity index (χ3n) is 3.57. The summed E-state index contributed by atoms with van der Waals surface area (Å²) in [6, 6.07) is 2.10. The standard InChI is InChI=1S/C15H22N4O/c1-6-17-15(12-7-13(20-5)9-16-8-12)14-10(2)18-19(4)11(14)3/h7-9,15,17H,6H2,1-5H3. The van der Waals surface area contributed by atoms with Gasteiger partial charge in [-0.1, -0.05) is 6.92 Å². The van der Waals surface area contributed by atoms with E-state index in [4.69, 9.17) is 4.74 Å². The maximum absolute atomic E-state index is 5.27. The van der Waals surface area contributed by atoms with Crippen LogP contribution in [0.3, 0.4) is 0 Å². The Morgan fingerprint density at radius 3 is 2.65 bits per heavy atom. The van der Waals surface area contributed by atoms with E-state index in [0.717, 1.165) is 29.2 Å². The summed E-state index contributed by atoms with van der Waals surface area (Å²) in [5, 5.41) is 8.02. The average molecular weight is 274 g/mol. The van der Waals surface area contributed by atoms with Crippen molar-refractivity contribution in [2.24, 2.45) is 7.05 Å². The van der Waals surface area contributed by atoms with Crippen LogP contribution in [0.2, 0.25) is 0 Å². The summed E-state index contributed by atoms with van der Waals surface area (Å²) in [7, 11) is 3.63. The maximum atomic E-state index is 5.27. The van der Waals surface area contributed by atoms with E-state index in [1.54, 1.807) is 13.3 Å². The monoisotopic (exact) mass is 274 g/mol. The van der Waals surface area contributed by atoms with Crippen molar-refractivity contribution < 1.29 is 4.74 Å². The van der Waals surface area contributed by atoms with E-state index in [-0.39, 0.29) is 6.04 Å². The van der Waals surface area contributed by atoms with Crippen LogP contribution in [0.25, 0.3) is 0 Å². The van der Waals surface area contributed by atoms with Crippen molar-refractivity contribution in [3.05, 3.63) is 41.0 Å². The summed E-state index contributed by atoms with van der Waals surface area (Å²) in [6.07, 6.45) is 3.59. The van der Waals surface area contributed by atoms with Crippen LogP contribution in [0.15, 0.2) is 18.5 Å². The van der Waals surface area contributed by atoms with Crippen LogP contribution < -0.4 is 10.1 Å². The highest BCUT2D eigenvalue weighted by molar-refractivity contribution is 5.38. The zero-order valence-corrected chi connectivity index (χ0v) is 12.8. The van der Waals surface area contributed by atoms with Gasteiger partial charge in [-0.3, -0.25) is 9.67 Å². The van der Waals surface area contributed by atoms with E-state index in [2.05, 4.69) is 29.2 Å². The van der Waals surface area contributed by atoms with Crippen LogP contribution in [0.4, 0.5) is 0 Å². The molecule has 0 aliphatic heterocycles. The highest BCUT2D eigenvalue weighted by atomic mass is 16.5. The molecular weight excluding hydrogens is 252 g/mol. The second kappa shape index (κ2) is 6.05. The molecule has 0 fully saturated rings. The molecule has 0 saturated carbocycles. The van der Waals surface area contributed by atoms with Gasteiger partial charge in [0.25, 0.3) is 0 Å². The molecule has 0 bridgehead atoms. The van der Waals surface area contributed by atoms with E-state index >= 15 is 0 Å².